The lowest BCUT2D eigenvalue weighted by atomic mass is 9.94. The Bertz CT molecular complexity index is 676. The minimum Gasteiger partial charge on any atom is -0.333 e. The normalized spacial score (nSPS) is 15.5. The Labute approximate surface area is 154 Å². The monoisotopic (exact) mass is 371 g/mol. The quantitative estimate of drug-likeness (QED) is 0.895. The van der Waals surface area contributed by atoms with E-state index in [9.17, 15) is 4.79 Å². The van der Waals surface area contributed by atoms with Gasteiger partial charge in [-0.3, -0.25) is 4.79 Å². The third kappa shape index (κ3) is 4.06. The molecule has 0 saturated carbocycles. The van der Waals surface area contributed by atoms with Gasteiger partial charge in [0.25, 0.3) is 0 Å². The Morgan fingerprint density at radius 2 is 1.88 bits per heavy atom. The number of fused-ring (bicyclic) bond motifs is 1. The molecule has 2 heterocycles. The summed E-state index contributed by atoms with van der Waals surface area (Å²) in [7, 11) is 0. The van der Waals surface area contributed by atoms with Crippen molar-refractivity contribution in [1.82, 2.24) is 19.7 Å². The molecule has 2 unspecified atom stereocenters. The SMILES string of the molecule is Cc1nc2n(n1)CCN(C(=O)C(C)C(N)c1ccccc1)C2.Cl.Cl. The Hall–Kier alpha value is -1.63. The molecule has 132 valence electrons. The van der Waals surface area contributed by atoms with E-state index in [1.807, 2.05) is 53.8 Å². The van der Waals surface area contributed by atoms with E-state index in [1.54, 1.807) is 0 Å². The van der Waals surface area contributed by atoms with Gasteiger partial charge in [0.05, 0.1) is 19.0 Å². The van der Waals surface area contributed by atoms with Gasteiger partial charge in [-0.2, -0.15) is 5.10 Å². The van der Waals surface area contributed by atoms with Crippen molar-refractivity contribution in [1.29, 1.82) is 0 Å². The van der Waals surface area contributed by atoms with Gasteiger partial charge < -0.3 is 10.6 Å². The molecule has 2 atom stereocenters. The zero-order valence-corrected chi connectivity index (χ0v) is 15.4. The van der Waals surface area contributed by atoms with Crippen LogP contribution in [0.25, 0.3) is 0 Å². The van der Waals surface area contributed by atoms with Crippen molar-refractivity contribution >= 4 is 30.7 Å². The number of rotatable bonds is 3. The highest BCUT2D eigenvalue weighted by Crippen LogP contribution is 2.22. The minimum atomic E-state index is -0.296. The predicted octanol–water partition coefficient (Wildman–Crippen LogP) is 2.11. The zero-order chi connectivity index (χ0) is 15.7. The van der Waals surface area contributed by atoms with Crippen molar-refractivity contribution in [2.75, 3.05) is 6.54 Å². The van der Waals surface area contributed by atoms with Crippen molar-refractivity contribution in [3.63, 3.8) is 0 Å². The van der Waals surface area contributed by atoms with Gasteiger partial charge in [0.1, 0.15) is 11.6 Å². The van der Waals surface area contributed by atoms with Crippen LogP contribution >= 0.6 is 24.8 Å². The first-order valence-corrected chi connectivity index (χ1v) is 7.56. The average molecular weight is 372 g/mol. The van der Waals surface area contributed by atoms with Crippen molar-refractivity contribution in [2.24, 2.45) is 11.7 Å². The summed E-state index contributed by atoms with van der Waals surface area (Å²) >= 11 is 0. The van der Waals surface area contributed by atoms with E-state index >= 15 is 0 Å². The number of hydrogen-bond donors (Lipinski definition) is 1. The topological polar surface area (TPSA) is 77.0 Å². The minimum absolute atomic E-state index is 0. The number of aryl methyl sites for hydroxylation is 1. The standard InChI is InChI=1S/C16H21N5O.2ClH/c1-11(15(17)13-6-4-3-5-7-13)16(22)20-8-9-21-14(10-20)18-12(2)19-21;;/h3-7,11,15H,8-10,17H2,1-2H3;2*1H. The molecule has 0 saturated heterocycles. The fourth-order valence-electron chi connectivity index (χ4n) is 2.85. The summed E-state index contributed by atoms with van der Waals surface area (Å²) in [4.78, 5) is 18.9. The van der Waals surface area contributed by atoms with E-state index < -0.39 is 0 Å². The number of benzene rings is 1. The Kier molecular flexibility index (Phi) is 7.20. The van der Waals surface area contributed by atoms with Gasteiger partial charge in [-0.05, 0) is 12.5 Å². The maximum atomic E-state index is 12.7. The lowest BCUT2D eigenvalue weighted by Crippen LogP contribution is -2.43. The molecule has 1 amide bonds. The zero-order valence-electron chi connectivity index (χ0n) is 13.8. The molecule has 1 aliphatic heterocycles. The van der Waals surface area contributed by atoms with Gasteiger partial charge in [-0.1, -0.05) is 37.3 Å². The van der Waals surface area contributed by atoms with Crippen LogP contribution in [-0.4, -0.2) is 32.1 Å². The summed E-state index contributed by atoms with van der Waals surface area (Å²) in [5, 5.41) is 4.32. The summed E-state index contributed by atoms with van der Waals surface area (Å²) in [6, 6.07) is 9.46. The largest absolute Gasteiger partial charge is 0.333 e. The number of carbonyl (C=O) groups excluding carboxylic acids is 1. The number of hydrogen-bond acceptors (Lipinski definition) is 4. The number of aromatic nitrogens is 3. The molecule has 0 fully saturated rings. The predicted molar refractivity (Wildman–Crippen MR) is 97.2 cm³/mol. The number of nitrogens with two attached hydrogens (primary N) is 1. The van der Waals surface area contributed by atoms with Gasteiger partial charge in [-0.15, -0.1) is 24.8 Å². The molecule has 2 aromatic rings. The molecule has 24 heavy (non-hydrogen) atoms. The third-order valence-corrected chi connectivity index (χ3v) is 4.19. The number of nitrogens with zero attached hydrogens (tertiary/aromatic N) is 4. The molecule has 2 N–H and O–H groups in total. The first-order chi connectivity index (χ1) is 10.6. The van der Waals surface area contributed by atoms with Crippen molar-refractivity contribution in [3.8, 4) is 0 Å². The highest BCUT2D eigenvalue weighted by Gasteiger charge is 2.29. The van der Waals surface area contributed by atoms with Crippen LogP contribution in [0.5, 0.6) is 0 Å². The van der Waals surface area contributed by atoms with Gasteiger partial charge in [0, 0.05) is 12.6 Å². The van der Waals surface area contributed by atoms with Crippen LogP contribution in [0.2, 0.25) is 0 Å². The number of carbonyl (C=O) groups is 1. The summed E-state index contributed by atoms with van der Waals surface area (Å²) in [5.74, 6) is 1.40. The second-order valence-corrected chi connectivity index (χ2v) is 5.78. The molecular weight excluding hydrogens is 349 g/mol. The third-order valence-electron chi connectivity index (χ3n) is 4.19. The van der Waals surface area contributed by atoms with E-state index in [2.05, 4.69) is 10.1 Å². The molecule has 1 aliphatic rings. The van der Waals surface area contributed by atoms with Crippen LogP contribution in [0.1, 0.15) is 30.2 Å². The highest BCUT2D eigenvalue weighted by molar-refractivity contribution is 5.85. The molecular formula is C16H23Cl2N5O. The van der Waals surface area contributed by atoms with Crippen LogP contribution in [0.4, 0.5) is 0 Å². The molecule has 0 aliphatic carbocycles. The van der Waals surface area contributed by atoms with E-state index in [0.29, 0.717) is 19.6 Å². The molecule has 6 nitrogen and oxygen atoms in total. The molecule has 0 spiro atoms. The second-order valence-electron chi connectivity index (χ2n) is 5.78. The molecule has 8 heteroatoms. The van der Waals surface area contributed by atoms with Gasteiger partial charge in [0.2, 0.25) is 5.91 Å². The van der Waals surface area contributed by atoms with E-state index in [-0.39, 0.29) is 42.7 Å². The first kappa shape index (κ1) is 20.4. The molecule has 0 bridgehead atoms. The molecule has 3 rings (SSSR count). The maximum Gasteiger partial charge on any atom is 0.227 e. The highest BCUT2D eigenvalue weighted by atomic mass is 35.5. The molecule has 1 aromatic heterocycles. The van der Waals surface area contributed by atoms with Crippen LogP contribution in [-0.2, 0) is 17.9 Å². The summed E-state index contributed by atoms with van der Waals surface area (Å²) in [6.45, 7) is 5.61. The Morgan fingerprint density at radius 3 is 2.54 bits per heavy atom. The molecule has 1 aromatic carbocycles. The van der Waals surface area contributed by atoms with Gasteiger partial charge in [0.15, 0.2) is 0 Å². The number of halogens is 2. The molecule has 0 radical (unpaired) electrons. The summed E-state index contributed by atoms with van der Waals surface area (Å²) in [5.41, 5.74) is 7.25. The average Bonchev–Trinajstić information content (AvgIpc) is 2.92. The van der Waals surface area contributed by atoms with Crippen LogP contribution < -0.4 is 5.73 Å². The van der Waals surface area contributed by atoms with Crippen LogP contribution in [0.15, 0.2) is 30.3 Å². The smallest absolute Gasteiger partial charge is 0.227 e. The van der Waals surface area contributed by atoms with Crippen molar-refractivity contribution in [2.45, 2.75) is 33.0 Å². The van der Waals surface area contributed by atoms with Crippen molar-refractivity contribution < 1.29 is 4.79 Å². The maximum absolute atomic E-state index is 12.7. The summed E-state index contributed by atoms with van der Waals surface area (Å²) in [6.07, 6.45) is 0. The first-order valence-electron chi connectivity index (χ1n) is 7.56. The number of amides is 1. The van der Waals surface area contributed by atoms with Gasteiger partial charge in [-0.25, -0.2) is 9.67 Å². The van der Waals surface area contributed by atoms with Crippen LogP contribution in [0, 0.1) is 12.8 Å². The van der Waals surface area contributed by atoms with Crippen molar-refractivity contribution in [3.05, 3.63) is 47.5 Å². The second kappa shape index (κ2) is 8.46. The van der Waals surface area contributed by atoms with E-state index in [1.165, 1.54) is 0 Å². The fourth-order valence-corrected chi connectivity index (χ4v) is 2.85. The fraction of sp³-hybridized carbons (Fsp3) is 0.438. The Morgan fingerprint density at radius 1 is 1.21 bits per heavy atom. The van der Waals surface area contributed by atoms with E-state index in [0.717, 1.165) is 17.2 Å². The lowest BCUT2D eigenvalue weighted by Gasteiger charge is -2.31. The Balaban J connectivity index is 0.00000144. The van der Waals surface area contributed by atoms with Crippen LogP contribution in [0.3, 0.4) is 0 Å². The lowest BCUT2D eigenvalue weighted by molar-refractivity contribution is -0.137. The summed E-state index contributed by atoms with van der Waals surface area (Å²) < 4.78 is 1.88. The van der Waals surface area contributed by atoms with Gasteiger partial charge >= 0.3 is 0 Å². The van der Waals surface area contributed by atoms with E-state index in [4.69, 9.17) is 5.73 Å².